The van der Waals surface area contributed by atoms with Crippen LogP contribution in [0, 0.1) is 0 Å². The lowest BCUT2D eigenvalue weighted by molar-refractivity contribution is 0.996. The van der Waals surface area contributed by atoms with Gasteiger partial charge in [0.05, 0.1) is 17.0 Å². The van der Waals surface area contributed by atoms with Gasteiger partial charge >= 0.3 is 0 Å². The van der Waals surface area contributed by atoms with Crippen LogP contribution >= 0.6 is 0 Å². The molecule has 0 radical (unpaired) electrons. The second kappa shape index (κ2) is 5.96. The summed E-state index contributed by atoms with van der Waals surface area (Å²) in [5, 5.41) is 14.3. The molecule has 24 heavy (non-hydrogen) atoms. The van der Waals surface area contributed by atoms with Crippen molar-refractivity contribution in [1.29, 1.82) is 0 Å². The molecule has 2 N–H and O–H groups in total. The molecule has 0 spiro atoms. The normalized spacial score (nSPS) is 10.7. The van der Waals surface area contributed by atoms with Gasteiger partial charge in [0.25, 0.3) is 5.56 Å². The molecule has 116 valence electrons. The minimum absolute atomic E-state index is 0.232. The third kappa shape index (κ3) is 2.52. The van der Waals surface area contributed by atoms with Crippen LogP contribution in [-0.2, 0) is 0 Å². The highest BCUT2D eigenvalue weighted by atomic mass is 16.1. The second-order valence-corrected chi connectivity index (χ2v) is 5.36. The average Bonchev–Trinajstić information content (AvgIpc) is 3.09. The lowest BCUT2D eigenvalue weighted by atomic mass is 9.99. The van der Waals surface area contributed by atoms with Crippen LogP contribution in [0.2, 0.25) is 0 Å². The first-order valence-corrected chi connectivity index (χ1v) is 7.58. The van der Waals surface area contributed by atoms with Crippen molar-refractivity contribution >= 4 is 0 Å². The Hall–Kier alpha value is -3.47. The molecule has 5 nitrogen and oxygen atoms in total. The molecule has 4 rings (SSSR count). The van der Waals surface area contributed by atoms with Crippen LogP contribution in [-0.4, -0.2) is 20.4 Å². The summed E-state index contributed by atoms with van der Waals surface area (Å²) in [7, 11) is 0. The van der Waals surface area contributed by atoms with Gasteiger partial charge in [0.2, 0.25) is 0 Å². The van der Waals surface area contributed by atoms with E-state index in [1.807, 2.05) is 60.7 Å². The Morgan fingerprint density at radius 1 is 0.667 bits per heavy atom. The molecule has 0 amide bonds. The lowest BCUT2D eigenvalue weighted by Gasteiger charge is -2.05. The van der Waals surface area contributed by atoms with Gasteiger partial charge in [-0.15, -0.1) is 0 Å². The van der Waals surface area contributed by atoms with Crippen LogP contribution in [0.4, 0.5) is 0 Å². The van der Waals surface area contributed by atoms with Crippen LogP contribution in [0.3, 0.4) is 0 Å². The van der Waals surface area contributed by atoms with Gasteiger partial charge < -0.3 is 0 Å². The van der Waals surface area contributed by atoms with E-state index >= 15 is 0 Å². The maximum absolute atomic E-state index is 11.4. The third-order valence-corrected chi connectivity index (χ3v) is 3.81. The Balaban J connectivity index is 1.98. The van der Waals surface area contributed by atoms with Crippen LogP contribution in [0.5, 0.6) is 0 Å². The van der Waals surface area contributed by atoms with Gasteiger partial charge in [-0.1, -0.05) is 60.7 Å². The smallest absolute Gasteiger partial charge is 0.264 e. The van der Waals surface area contributed by atoms with Crippen LogP contribution in [0.15, 0.2) is 77.6 Å². The number of nitrogens with one attached hydrogen (secondary N) is 2. The number of H-pyrrole nitrogens is 2. The van der Waals surface area contributed by atoms with Crippen molar-refractivity contribution in [3.63, 3.8) is 0 Å². The van der Waals surface area contributed by atoms with E-state index in [2.05, 4.69) is 20.4 Å². The first kappa shape index (κ1) is 14.1. The second-order valence-electron chi connectivity index (χ2n) is 5.36. The molecule has 0 saturated heterocycles. The Morgan fingerprint density at radius 2 is 1.33 bits per heavy atom. The number of benzene rings is 2. The summed E-state index contributed by atoms with van der Waals surface area (Å²) in [5.41, 5.74) is 4.96. The number of hydrogen-bond acceptors (Lipinski definition) is 3. The van der Waals surface area contributed by atoms with Crippen molar-refractivity contribution in [3.05, 3.63) is 83.2 Å². The first-order chi connectivity index (χ1) is 11.8. The highest BCUT2D eigenvalue weighted by Gasteiger charge is 2.19. The largest absolute Gasteiger partial charge is 0.277 e. The Bertz CT molecular complexity index is 943. The number of hydrogen-bond donors (Lipinski definition) is 2. The minimum Gasteiger partial charge on any atom is -0.277 e. The molecular weight excluding hydrogens is 300 g/mol. The first-order valence-electron chi connectivity index (χ1n) is 7.58. The van der Waals surface area contributed by atoms with Crippen molar-refractivity contribution in [2.45, 2.75) is 0 Å². The monoisotopic (exact) mass is 314 g/mol. The van der Waals surface area contributed by atoms with Gasteiger partial charge in [0.1, 0.15) is 5.69 Å². The predicted molar refractivity (Wildman–Crippen MR) is 93.3 cm³/mol. The van der Waals surface area contributed by atoms with Crippen LogP contribution in [0.1, 0.15) is 0 Å². The fraction of sp³-hybridized carbons (Fsp3) is 0. The summed E-state index contributed by atoms with van der Waals surface area (Å²) < 4.78 is 0. The van der Waals surface area contributed by atoms with Gasteiger partial charge in [-0.3, -0.25) is 9.89 Å². The zero-order valence-corrected chi connectivity index (χ0v) is 12.7. The van der Waals surface area contributed by atoms with Crippen molar-refractivity contribution in [3.8, 4) is 33.8 Å². The quantitative estimate of drug-likeness (QED) is 0.608. The third-order valence-electron chi connectivity index (χ3n) is 3.81. The highest BCUT2D eigenvalue weighted by Crippen LogP contribution is 2.36. The zero-order valence-electron chi connectivity index (χ0n) is 12.7. The molecule has 0 atom stereocenters. The SMILES string of the molecule is O=c1ccc(-c2c(-c3ccccc3)n[nH]c2-c2ccccc2)n[nH]1. The number of rotatable bonds is 3. The summed E-state index contributed by atoms with van der Waals surface area (Å²) in [6, 6.07) is 23.0. The minimum atomic E-state index is -0.232. The average molecular weight is 314 g/mol. The molecule has 0 fully saturated rings. The van der Waals surface area contributed by atoms with Crippen molar-refractivity contribution in [1.82, 2.24) is 20.4 Å². The van der Waals surface area contributed by atoms with Gasteiger partial charge in [0, 0.05) is 17.2 Å². The van der Waals surface area contributed by atoms with E-state index < -0.39 is 0 Å². The predicted octanol–water partition coefficient (Wildman–Crippen LogP) is 3.49. The Labute approximate surface area is 138 Å². The maximum Gasteiger partial charge on any atom is 0.264 e. The molecule has 0 aliphatic heterocycles. The molecule has 0 bridgehead atoms. The molecule has 5 heteroatoms. The highest BCUT2D eigenvalue weighted by molar-refractivity contribution is 5.89. The summed E-state index contributed by atoms with van der Waals surface area (Å²) in [6.45, 7) is 0. The Morgan fingerprint density at radius 3 is 1.96 bits per heavy atom. The van der Waals surface area contributed by atoms with Crippen molar-refractivity contribution < 1.29 is 0 Å². The molecule has 0 aliphatic rings. The molecule has 0 aliphatic carbocycles. The lowest BCUT2D eigenvalue weighted by Crippen LogP contribution is -2.05. The van der Waals surface area contributed by atoms with Crippen molar-refractivity contribution in [2.75, 3.05) is 0 Å². The van der Waals surface area contributed by atoms with E-state index in [9.17, 15) is 4.79 Å². The molecular formula is C19H14N4O. The molecule has 2 aromatic heterocycles. The fourth-order valence-electron chi connectivity index (χ4n) is 2.69. The topological polar surface area (TPSA) is 74.4 Å². The molecule has 0 saturated carbocycles. The van der Waals surface area contributed by atoms with E-state index in [1.54, 1.807) is 6.07 Å². The summed E-state index contributed by atoms with van der Waals surface area (Å²) >= 11 is 0. The zero-order chi connectivity index (χ0) is 16.4. The maximum atomic E-state index is 11.4. The van der Waals surface area contributed by atoms with Crippen LogP contribution < -0.4 is 5.56 Å². The molecule has 4 aromatic rings. The standard InChI is InChI=1S/C19H14N4O/c24-16-12-11-15(20-21-16)17-18(13-7-3-1-4-8-13)22-23-19(17)14-9-5-2-6-10-14/h1-12H,(H,21,24)(H,22,23). The van der Waals surface area contributed by atoms with Gasteiger partial charge in [0.15, 0.2) is 0 Å². The summed E-state index contributed by atoms with van der Waals surface area (Å²) in [4.78, 5) is 11.4. The van der Waals surface area contributed by atoms with Gasteiger partial charge in [-0.25, -0.2) is 5.10 Å². The van der Waals surface area contributed by atoms with E-state index in [1.165, 1.54) is 6.07 Å². The van der Waals surface area contributed by atoms with Crippen LogP contribution in [0.25, 0.3) is 33.8 Å². The van der Waals surface area contributed by atoms with E-state index in [0.29, 0.717) is 5.69 Å². The molecule has 2 aromatic carbocycles. The number of nitrogens with zero attached hydrogens (tertiary/aromatic N) is 2. The fourth-order valence-corrected chi connectivity index (χ4v) is 2.69. The Kier molecular flexibility index (Phi) is 3.51. The summed E-state index contributed by atoms with van der Waals surface area (Å²) in [5.74, 6) is 0. The van der Waals surface area contributed by atoms with Gasteiger partial charge in [-0.05, 0) is 6.07 Å². The van der Waals surface area contributed by atoms with E-state index in [4.69, 9.17) is 0 Å². The molecule has 0 unspecified atom stereocenters. The molecule has 2 heterocycles. The van der Waals surface area contributed by atoms with E-state index in [-0.39, 0.29) is 5.56 Å². The summed E-state index contributed by atoms with van der Waals surface area (Å²) in [6.07, 6.45) is 0. The number of aromatic nitrogens is 4. The van der Waals surface area contributed by atoms with E-state index in [0.717, 1.165) is 28.1 Å². The van der Waals surface area contributed by atoms with Gasteiger partial charge in [-0.2, -0.15) is 10.2 Å². The number of aromatic amines is 2. The van der Waals surface area contributed by atoms with Crippen molar-refractivity contribution in [2.24, 2.45) is 0 Å².